The van der Waals surface area contributed by atoms with Gasteiger partial charge < -0.3 is 9.47 Å². The number of methoxy groups -OCH3 is 1. The summed E-state index contributed by atoms with van der Waals surface area (Å²) in [5.74, 6) is -0.409. The molecule has 17 heavy (non-hydrogen) atoms. The standard InChI is InChI=1S/C11H19N3O3/c1-4-17-11(15)10-9(2)14(13-12-10)7-5-6-8-16-3/h4-8H2,1-3H3. The number of aromatic nitrogens is 3. The van der Waals surface area contributed by atoms with Crippen LogP contribution in [-0.2, 0) is 16.0 Å². The Morgan fingerprint density at radius 2 is 2.18 bits per heavy atom. The molecule has 0 radical (unpaired) electrons. The number of ether oxygens (including phenoxy) is 2. The van der Waals surface area contributed by atoms with Crippen molar-refractivity contribution in [1.29, 1.82) is 0 Å². The molecule has 1 aromatic rings. The molecule has 1 rings (SSSR count). The van der Waals surface area contributed by atoms with Crippen molar-refractivity contribution in [2.24, 2.45) is 0 Å². The van der Waals surface area contributed by atoms with Crippen molar-refractivity contribution < 1.29 is 14.3 Å². The zero-order valence-corrected chi connectivity index (χ0v) is 10.6. The zero-order valence-electron chi connectivity index (χ0n) is 10.6. The van der Waals surface area contributed by atoms with Crippen LogP contribution in [0.2, 0.25) is 0 Å². The third-order valence-electron chi connectivity index (χ3n) is 2.42. The van der Waals surface area contributed by atoms with Crippen LogP contribution in [0.5, 0.6) is 0 Å². The van der Waals surface area contributed by atoms with Crippen molar-refractivity contribution >= 4 is 5.97 Å². The molecule has 1 heterocycles. The summed E-state index contributed by atoms with van der Waals surface area (Å²) in [6, 6.07) is 0. The molecule has 0 saturated heterocycles. The number of esters is 1. The first-order chi connectivity index (χ1) is 8.20. The van der Waals surface area contributed by atoms with Crippen molar-refractivity contribution in [3.8, 4) is 0 Å². The van der Waals surface area contributed by atoms with Crippen LogP contribution in [0.15, 0.2) is 0 Å². The maximum absolute atomic E-state index is 11.5. The van der Waals surface area contributed by atoms with E-state index in [0.717, 1.165) is 31.7 Å². The summed E-state index contributed by atoms with van der Waals surface area (Å²) in [5, 5.41) is 7.78. The zero-order chi connectivity index (χ0) is 12.7. The smallest absolute Gasteiger partial charge is 0.360 e. The predicted octanol–water partition coefficient (Wildman–Crippen LogP) is 1.19. The second-order valence-electron chi connectivity index (χ2n) is 3.67. The van der Waals surface area contributed by atoms with Crippen LogP contribution in [0.3, 0.4) is 0 Å². The fourth-order valence-electron chi connectivity index (χ4n) is 1.47. The molecule has 6 nitrogen and oxygen atoms in total. The first-order valence-electron chi connectivity index (χ1n) is 5.76. The Kier molecular flexibility index (Phi) is 5.62. The van der Waals surface area contributed by atoms with Crippen molar-refractivity contribution in [1.82, 2.24) is 15.0 Å². The van der Waals surface area contributed by atoms with Gasteiger partial charge in [-0.1, -0.05) is 5.21 Å². The topological polar surface area (TPSA) is 66.2 Å². The van der Waals surface area contributed by atoms with Crippen molar-refractivity contribution in [3.05, 3.63) is 11.4 Å². The van der Waals surface area contributed by atoms with Crippen LogP contribution >= 0.6 is 0 Å². The minimum Gasteiger partial charge on any atom is -0.461 e. The Morgan fingerprint density at radius 1 is 1.41 bits per heavy atom. The average Bonchev–Trinajstić information content (AvgIpc) is 2.67. The molecule has 0 atom stereocenters. The Morgan fingerprint density at radius 3 is 2.82 bits per heavy atom. The molecule has 96 valence electrons. The number of hydrogen-bond acceptors (Lipinski definition) is 5. The van der Waals surface area contributed by atoms with Crippen LogP contribution in [0.25, 0.3) is 0 Å². The van der Waals surface area contributed by atoms with E-state index in [9.17, 15) is 4.79 Å². The highest BCUT2D eigenvalue weighted by molar-refractivity contribution is 5.88. The Hall–Kier alpha value is -1.43. The molecular weight excluding hydrogens is 222 g/mol. The van der Waals surface area contributed by atoms with Crippen LogP contribution in [0.1, 0.15) is 35.9 Å². The van der Waals surface area contributed by atoms with Crippen LogP contribution in [0.4, 0.5) is 0 Å². The van der Waals surface area contributed by atoms with Gasteiger partial charge in [-0.25, -0.2) is 9.48 Å². The molecule has 0 aromatic carbocycles. The summed E-state index contributed by atoms with van der Waals surface area (Å²) in [7, 11) is 1.68. The first kappa shape index (κ1) is 13.6. The van der Waals surface area contributed by atoms with Gasteiger partial charge in [-0.15, -0.1) is 5.10 Å². The lowest BCUT2D eigenvalue weighted by Gasteiger charge is -2.03. The predicted molar refractivity (Wildman–Crippen MR) is 61.8 cm³/mol. The number of carbonyl (C=O) groups excluding carboxylic acids is 1. The normalized spacial score (nSPS) is 10.5. The Bertz CT molecular complexity index is 363. The maximum atomic E-state index is 11.5. The number of unbranched alkanes of at least 4 members (excludes halogenated alkanes) is 1. The third-order valence-corrected chi connectivity index (χ3v) is 2.42. The van der Waals surface area contributed by atoms with E-state index in [4.69, 9.17) is 9.47 Å². The third kappa shape index (κ3) is 3.81. The molecule has 0 aliphatic rings. The van der Waals surface area contributed by atoms with E-state index in [0.29, 0.717) is 12.3 Å². The molecule has 0 N–H and O–H groups in total. The van der Waals surface area contributed by atoms with Gasteiger partial charge in [-0.2, -0.15) is 0 Å². The summed E-state index contributed by atoms with van der Waals surface area (Å²) < 4.78 is 11.6. The lowest BCUT2D eigenvalue weighted by atomic mass is 10.3. The van der Waals surface area contributed by atoms with Crippen LogP contribution < -0.4 is 0 Å². The fourth-order valence-corrected chi connectivity index (χ4v) is 1.47. The van der Waals surface area contributed by atoms with E-state index in [1.165, 1.54) is 0 Å². The van der Waals surface area contributed by atoms with E-state index in [1.54, 1.807) is 18.7 Å². The molecule has 1 aromatic heterocycles. The number of aryl methyl sites for hydroxylation is 1. The first-order valence-corrected chi connectivity index (χ1v) is 5.76. The largest absolute Gasteiger partial charge is 0.461 e. The molecule has 0 spiro atoms. The number of hydrogen-bond donors (Lipinski definition) is 0. The average molecular weight is 241 g/mol. The highest BCUT2D eigenvalue weighted by atomic mass is 16.5. The molecular formula is C11H19N3O3. The minimum absolute atomic E-state index is 0.304. The van der Waals surface area contributed by atoms with Gasteiger partial charge in [0.15, 0.2) is 5.69 Å². The van der Waals surface area contributed by atoms with Gasteiger partial charge in [0.25, 0.3) is 0 Å². The van der Waals surface area contributed by atoms with Gasteiger partial charge in [0.2, 0.25) is 0 Å². The van der Waals surface area contributed by atoms with Gasteiger partial charge >= 0.3 is 5.97 Å². The molecule has 0 saturated carbocycles. The van der Waals surface area contributed by atoms with Crippen LogP contribution in [0, 0.1) is 6.92 Å². The monoisotopic (exact) mass is 241 g/mol. The molecule has 0 aliphatic heterocycles. The minimum atomic E-state index is -0.409. The van der Waals surface area contributed by atoms with E-state index < -0.39 is 5.97 Å². The van der Waals surface area contributed by atoms with Gasteiger partial charge in [0.05, 0.1) is 12.3 Å². The van der Waals surface area contributed by atoms with Crippen molar-refractivity contribution in [3.63, 3.8) is 0 Å². The number of nitrogens with zero attached hydrogens (tertiary/aromatic N) is 3. The van der Waals surface area contributed by atoms with Gasteiger partial charge in [0, 0.05) is 20.3 Å². The number of carbonyl (C=O) groups is 1. The lowest BCUT2D eigenvalue weighted by molar-refractivity contribution is 0.0518. The second kappa shape index (κ2) is 7.01. The summed E-state index contributed by atoms with van der Waals surface area (Å²) in [5.41, 5.74) is 1.06. The summed E-state index contributed by atoms with van der Waals surface area (Å²) in [6.45, 7) is 5.41. The van der Waals surface area contributed by atoms with E-state index in [-0.39, 0.29) is 0 Å². The molecule has 0 aliphatic carbocycles. The molecule has 0 fully saturated rings. The lowest BCUT2D eigenvalue weighted by Crippen LogP contribution is -2.08. The SMILES string of the molecule is CCOC(=O)c1nnn(CCCCOC)c1C. The Balaban J connectivity index is 2.54. The highest BCUT2D eigenvalue weighted by Gasteiger charge is 2.16. The molecule has 0 amide bonds. The van der Waals surface area contributed by atoms with E-state index >= 15 is 0 Å². The van der Waals surface area contributed by atoms with Gasteiger partial charge in [0.1, 0.15) is 0 Å². The summed E-state index contributed by atoms with van der Waals surface area (Å²) in [4.78, 5) is 11.5. The molecule has 0 unspecified atom stereocenters. The Labute approximate surface area is 101 Å². The van der Waals surface area contributed by atoms with Gasteiger partial charge in [-0.05, 0) is 26.7 Å². The van der Waals surface area contributed by atoms with Crippen LogP contribution in [-0.4, -0.2) is 41.3 Å². The summed E-state index contributed by atoms with van der Waals surface area (Å²) >= 11 is 0. The van der Waals surface area contributed by atoms with Crippen molar-refractivity contribution in [2.45, 2.75) is 33.2 Å². The van der Waals surface area contributed by atoms with Gasteiger partial charge in [-0.3, -0.25) is 0 Å². The highest BCUT2D eigenvalue weighted by Crippen LogP contribution is 2.07. The second-order valence-corrected chi connectivity index (χ2v) is 3.67. The van der Waals surface area contributed by atoms with E-state index in [2.05, 4.69) is 10.3 Å². The fraction of sp³-hybridized carbons (Fsp3) is 0.727. The number of rotatable bonds is 7. The molecule has 0 bridgehead atoms. The van der Waals surface area contributed by atoms with Crippen molar-refractivity contribution in [2.75, 3.05) is 20.3 Å². The summed E-state index contributed by atoms with van der Waals surface area (Å²) in [6.07, 6.45) is 1.91. The quantitative estimate of drug-likeness (QED) is 0.530. The maximum Gasteiger partial charge on any atom is 0.360 e. The van der Waals surface area contributed by atoms with E-state index in [1.807, 2.05) is 6.92 Å². The molecule has 6 heteroatoms.